The summed E-state index contributed by atoms with van der Waals surface area (Å²) >= 11 is 0. The molecule has 0 spiro atoms. The molecule has 0 saturated heterocycles. The van der Waals surface area contributed by atoms with Gasteiger partial charge in [0.15, 0.2) is 0 Å². The van der Waals surface area contributed by atoms with E-state index in [4.69, 9.17) is 9.47 Å². The van der Waals surface area contributed by atoms with Gasteiger partial charge in [-0.15, -0.1) is 0 Å². The minimum absolute atomic E-state index is 0.171. The number of hydrogen-bond donors (Lipinski definition) is 1. The van der Waals surface area contributed by atoms with Gasteiger partial charge in [0.05, 0.1) is 27.9 Å². The summed E-state index contributed by atoms with van der Waals surface area (Å²) in [6.45, 7) is 1.90. The Hall–Kier alpha value is -8.11. The van der Waals surface area contributed by atoms with Crippen LogP contribution in [0.15, 0.2) is 164 Å². The fraction of sp³-hybridized carbons (Fsp3) is 0.0408. The molecule has 0 aliphatic carbocycles. The zero-order valence-corrected chi connectivity index (χ0v) is 31.3. The number of rotatable bonds is 8. The van der Waals surface area contributed by atoms with Crippen molar-refractivity contribution >= 4 is 40.9 Å². The first-order chi connectivity index (χ1) is 28.7. The molecule has 3 aliphatic heterocycles. The molecule has 10 rings (SSSR count). The lowest BCUT2D eigenvalue weighted by atomic mass is 9.76. The highest BCUT2D eigenvalue weighted by Crippen LogP contribution is 2.51. The van der Waals surface area contributed by atoms with Gasteiger partial charge in [-0.2, -0.15) is 0 Å². The van der Waals surface area contributed by atoms with E-state index in [1.54, 1.807) is 42.5 Å². The first-order valence-corrected chi connectivity index (χ1v) is 18.9. The van der Waals surface area contributed by atoms with Crippen LogP contribution >= 0.6 is 0 Å². The summed E-state index contributed by atoms with van der Waals surface area (Å²) in [5.74, 6) is -0.153. The summed E-state index contributed by atoms with van der Waals surface area (Å²) in [5, 5.41) is 2.30. The maximum absolute atomic E-state index is 14.6. The third-order valence-corrected chi connectivity index (χ3v) is 10.9. The Morgan fingerprint density at radius 1 is 0.441 bits per heavy atom. The molecule has 1 atom stereocenters. The molecular weight excluding hydrogens is 743 g/mol. The van der Waals surface area contributed by atoms with Crippen LogP contribution in [0, 0.1) is 6.92 Å². The number of nitrogens with zero attached hydrogens (tertiary/aromatic N) is 2. The number of amides is 5. The van der Waals surface area contributed by atoms with Crippen LogP contribution in [0.5, 0.6) is 23.0 Å². The number of aryl methyl sites for hydroxylation is 1. The predicted octanol–water partition coefficient (Wildman–Crippen LogP) is 9.22. The number of imide groups is 2. The molecule has 7 aromatic carbocycles. The first-order valence-electron chi connectivity index (χ1n) is 18.9. The van der Waals surface area contributed by atoms with E-state index in [-0.39, 0.29) is 22.9 Å². The second-order valence-electron chi connectivity index (χ2n) is 14.5. The molecule has 59 heavy (non-hydrogen) atoms. The minimum Gasteiger partial charge on any atom is -0.457 e. The van der Waals surface area contributed by atoms with E-state index in [1.807, 2.05) is 127 Å². The Kier molecular flexibility index (Phi) is 8.10. The molecular formula is C49H31N3O7. The zero-order valence-electron chi connectivity index (χ0n) is 31.3. The van der Waals surface area contributed by atoms with Crippen molar-refractivity contribution in [2.45, 2.75) is 12.5 Å². The van der Waals surface area contributed by atoms with Crippen LogP contribution in [0.1, 0.15) is 74.0 Å². The third-order valence-electron chi connectivity index (χ3n) is 10.9. The van der Waals surface area contributed by atoms with Crippen molar-refractivity contribution in [1.82, 2.24) is 5.32 Å². The van der Waals surface area contributed by atoms with Crippen molar-refractivity contribution in [3.8, 4) is 23.0 Å². The van der Waals surface area contributed by atoms with Crippen molar-refractivity contribution in [1.29, 1.82) is 0 Å². The molecule has 10 heteroatoms. The Morgan fingerprint density at radius 2 is 0.983 bits per heavy atom. The van der Waals surface area contributed by atoms with Gasteiger partial charge in [-0.25, -0.2) is 4.90 Å². The van der Waals surface area contributed by atoms with Crippen molar-refractivity contribution in [2.24, 2.45) is 0 Å². The molecule has 284 valence electrons. The fourth-order valence-corrected chi connectivity index (χ4v) is 8.30. The number of fused-ring (bicyclic) bond motifs is 3. The molecule has 0 saturated carbocycles. The van der Waals surface area contributed by atoms with Gasteiger partial charge in [0.25, 0.3) is 29.5 Å². The lowest BCUT2D eigenvalue weighted by Crippen LogP contribution is -2.46. The lowest BCUT2D eigenvalue weighted by molar-refractivity contribution is 0.0874. The van der Waals surface area contributed by atoms with Crippen LogP contribution in [0.2, 0.25) is 0 Å². The highest BCUT2D eigenvalue weighted by Gasteiger charge is 2.53. The molecule has 1 unspecified atom stereocenters. The quantitative estimate of drug-likeness (QED) is 0.153. The molecule has 3 aliphatic rings. The lowest BCUT2D eigenvalue weighted by Gasteiger charge is -2.40. The molecule has 0 radical (unpaired) electrons. The summed E-state index contributed by atoms with van der Waals surface area (Å²) in [5.41, 5.74) is 4.99. The predicted molar refractivity (Wildman–Crippen MR) is 220 cm³/mol. The monoisotopic (exact) mass is 773 g/mol. The molecule has 3 heterocycles. The number of ether oxygens (including phenoxy) is 2. The Balaban J connectivity index is 1.02. The van der Waals surface area contributed by atoms with Gasteiger partial charge in [-0.3, -0.25) is 34.2 Å². The Morgan fingerprint density at radius 3 is 1.64 bits per heavy atom. The fourth-order valence-electron chi connectivity index (χ4n) is 8.30. The van der Waals surface area contributed by atoms with Crippen LogP contribution in [0.4, 0.5) is 11.4 Å². The molecule has 7 aromatic rings. The summed E-state index contributed by atoms with van der Waals surface area (Å²) in [6, 6.07) is 48.8. The largest absolute Gasteiger partial charge is 0.457 e. The second kappa shape index (κ2) is 13.5. The van der Waals surface area contributed by atoms with Crippen molar-refractivity contribution in [2.75, 3.05) is 9.80 Å². The second-order valence-corrected chi connectivity index (χ2v) is 14.5. The van der Waals surface area contributed by atoms with E-state index in [0.29, 0.717) is 51.1 Å². The highest BCUT2D eigenvalue weighted by molar-refractivity contribution is 6.34. The maximum Gasteiger partial charge on any atom is 0.266 e. The Bertz CT molecular complexity index is 2930. The highest BCUT2D eigenvalue weighted by atomic mass is 16.5. The standard InChI is InChI=1S/C49H31N3O7/c1-29-8-7-11-33(26-29)51-46(55)39-25-23-37(28-42(39)47(51)56)59-35-20-16-31(17-21-35)49(43-13-6-5-12-40(43)48(57)52(49)32-9-3-2-4-10-32)30-14-18-34(19-15-30)58-36-22-24-38-41(27-36)45(54)50-44(38)53/h2-28H,1H3,(H,50,53,54). The number of anilines is 2. The van der Waals surface area contributed by atoms with Crippen LogP contribution in [0.3, 0.4) is 0 Å². The van der Waals surface area contributed by atoms with Crippen LogP contribution < -0.4 is 24.6 Å². The average molecular weight is 774 g/mol. The molecule has 0 aromatic heterocycles. The SMILES string of the molecule is Cc1cccc(N2C(=O)c3ccc(Oc4ccc(C5(c6ccc(Oc7ccc8c(c7)C(=O)NC8=O)cc6)c6ccccc6C(=O)N5c5ccccc5)cc4)cc3C2=O)c1. The van der Waals surface area contributed by atoms with E-state index in [1.165, 1.54) is 11.0 Å². The summed E-state index contributed by atoms with van der Waals surface area (Å²) < 4.78 is 12.5. The molecule has 0 bridgehead atoms. The smallest absolute Gasteiger partial charge is 0.266 e. The van der Waals surface area contributed by atoms with E-state index in [9.17, 15) is 24.0 Å². The molecule has 0 fully saturated rings. The van der Waals surface area contributed by atoms with E-state index < -0.39 is 23.3 Å². The number of hydrogen-bond acceptors (Lipinski definition) is 7. The molecule has 5 amide bonds. The van der Waals surface area contributed by atoms with Gasteiger partial charge in [0.1, 0.15) is 28.5 Å². The summed E-state index contributed by atoms with van der Waals surface area (Å²) in [6.07, 6.45) is 0. The number of carbonyl (C=O) groups excluding carboxylic acids is 5. The molecule has 10 nitrogen and oxygen atoms in total. The van der Waals surface area contributed by atoms with Crippen LogP contribution in [-0.2, 0) is 5.54 Å². The summed E-state index contributed by atoms with van der Waals surface area (Å²) in [4.78, 5) is 68.8. The Labute approximate surface area is 337 Å². The van der Waals surface area contributed by atoms with Gasteiger partial charge in [-0.1, -0.05) is 72.8 Å². The number of para-hydroxylation sites is 1. The number of benzene rings is 7. The summed E-state index contributed by atoms with van der Waals surface area (Å²) in [7, 11) is 0. The average Bonchev–Trinajstić information content (AvgIpc) is 3.80. The number of nitrogens with one attached hydrogen (secondary N) is 1. The number of carbonyl (C=O) groups is 5. The van der Waals surface area contributed by atoms with E-state index >= 15 is 0 Å². The van der Waals surface area contributed by atoms with Gasteiger partial charge in [0.2, 0.25) is 0 Å². The van der Waals surface area contributed by atoms with Crippen LogP contribution in [-0.4, -0.2) is 29.5 Å². The zero-order chi connectivity index (χ0) is 40.4. The van der Waals surface area contributed by atoms with Gasteiger partial charge in [0, 0.05) is 11.3 Å². The first kappa shape index (κ1) is 35.3. The van der Waals surface area contributed by atoms with E-state index in [2.05, 4.69) is 5.32 Å². The third kappa shape index (κ3) is 5.60. The molecule has 1 N–H and O–H groups in total. The van der Waals surface area contributed by atoms with Crippen molar-refractivity contribution in [3.63, 3.8) is 0 Å². The van der Waals surface area contributed by atoms with Crippen molar-refractivity contribution < 1.29 is 33.4 Å². The van der Waals surface area contributed by atoms with E-state index in [0.717, 1.165) is 22.3 Å². The maximum atomic E-state index is 14.6. The minimum atomic E-state index is -1.14. The van der Waals surface area contributed by atoms with Gasteiger partial charge in [-0.05, 0) is 120 Å². The van der Waals surface area contributed by atoms with Gasteiger partial charge < -0.3 is 9.47 Å². The van der Waals surface area contributed by atoms with Gasteiger partial charge >= 0.3 is 0 Å². The van der Waals surface area contributed by atoms with Crippen LogP contribution in [0.25, 0.3) is 0 Å². The van der Waals surface area contributed by atoms with Crippen molar-refractivity contribution in [3.05, 3.63) is 214 Å². The normalized spacial score (nSPS) is 16.5. The topological polar surface area (TPSA) is 122 Å².